The van der Waals surface area contributed by atoms with E-state index in [0.717, 1.165) is 6.67 Å². The van der Waals surface area contributed by atoms with Gasteiger partial charge < -0.3 is 21.9 Å². The lowest BCUT2D eigenvalue weighted by Crippen LogP contribution is -3.00. The molecule has 1 aliphatic rings. The topological polar surface area (TPSA) is 30.0 Å². The lowest BCUT2D eigenvalue weighted by molar-refractivity contribution is -0.456. The highest BCUT2D eigenvalue weighted by atomic mass is 79.9. The maximum Gasteiger partial charge on any atom is 0.248 e. The molecule has 4 heteroatoms. The molecule has 1 aliphatic heterocycles. The SMILES string of the molecule is CN1C=C[N+](=CC#N)C1.[Br-]. The average Bonchev–Trinajstić information content (AvgIpc) is 2.17. The van der Waals surface area contributed by atoms with E-state index < -0.39 is 0 Å². The maximum absolute atomic E-state index is 8.21. The Balaban J connectivity index is 0.000000810. The number of nitriles is 1. The highest BCUT2D eigenvalue weighted by molar-refractivity contribution is 5.70. The Morgan fingerprint density at radius 1 is 1.80 bits per heavy atom. The van der Waals surface area contributed by atoms with E-state index in [-0.39, 0.29) is 17.0 Å². The van der Waals surface area contributed by atoms with Crippen molar-refractivity contribution in [2.75, 3.05) is 13.7 Å². The normalized spacial score (nSPS) is 18.8. The summed E-state index contributed by atoms with van der Waals surface area (Å²) in [6.45, 7) is 0.785. The maximum atomic E-state index is 8.21. The van der Waals surface area contributed by atoms with Crippen LogP contribution >= 0.6 is 0 Å². The Bertz CT molecular complexity index is 202. The molecule has 0 atom stereocenters. The molecular formula is C6H8BrN3. The number of hydrogen-bond donors (Lipinski definition) is 0. The van der Waals surface area contributed by atoms with Crippen molar-refractivity contribution in [2.45, 2.75) is 0 Å². The third-order valence-corrected chi connectivity index (χ3v) is 1.12. The van der Waals surface area contributed by atoms with Crippen LogP contribution in [-0.4, -0.2) is 29.4 Å². The first kappa shape index (κ1) is 9.18. The first-order valence-corrected chi connectivity index (χ1v) is 2.70. The minimum atomic E-state index is 0. The fraction of sp³-hybridized carbons (Fsp3) is 0.333. The van der Waals surface area contributed by atoms with Gasteiger partial charge >= 0.3 is 0 Å². The predicted molar refractivity (Wildman–Crippen MR) is 33.7 cm³/mol. The van der Waals surface area contributed by atoms with Gasteiger partial charge in [-0.3, -0.25) is 0 Å². The molecule has 1 heterocycles. The molecule has 0 unspecified atom stereocenters. The van der Waals surface area contributed by atoms with Crippen LogP contribution in [0.2, 0.25) is 0 Å². The van der Waals surface area contributed by atoms with E-state index in [0.29, 0.717) is 0 Å². The van der Waals surface area contributed by atoms with Crippen LogP contribution < -0.4 is 17.0 Å². The molecular weight excluding hydrogens is 194 g/mol. The lowest BCUT2D eigenvalue weighted by atomic mass is 10.8. The summed E-state index contributed by atoms with van der Waals surface area (Å²) in [6.07, 6.45) is 5.27. The molecule has 0 N–H and O–H groups in total. The van der Waals surface area contributed by atoms with Crippen molar-refractivity contribution in [3.63, 3.8) is 0 Å². The number of hydrogen-bond acceptors (Lipinski definition) is 2. The Hall–Kier alpha value is -0.820. The highest BCUT2D eigenvalue weighted by Gasteiger charge is 2.08. The van der Waals surface area contributed by atoms with E-state index in [4.69, 9.17) is 5.26 Å². The van der Waals surface area contributed by atoms with Gasteiger partial charge in [0, 0.05) is 7.05 Å². The van der Waals surface area contributed by atoms with Crippen LogP contribution in [0.25, 0.3) is 0 Å². The van der Waals surface area contributed by atoms with Gasteiger partial charge in [0.2, 0.25) is 12.9 Å². The molecule has 3 nitrogen and oxygen atoms in total. The third-order valence-electron chi connectivity index (χ3n) is 1.12. The second kappa shape index (κ2) is 4.07. The van der Waals surface area contributed by atoms with E-state index >= 15 is 0 Å². The molecule has 0 aromatic carbocycles. The van der Waals surface area contributed by atoms with Crippen molar-refractivity contribution < 1.29 is 21.6 Å². The van der Waals surface area contributed by atoms with Crippen molar-refractivity contribution in [3.8, 4) is 6.07 Å². The van der Waals surface area contributed by atoms with Gasteiger partial charge in [-0.1, -0.05) is 0 Å². The summed E-state index contributed by atoms with van der Waals surface area (Å²) in [5.41, 5.74) is 0. The van der Waals surface area contributed by atoms with Crippen molar-refractivity contribution >= 4 is 6.21 Å². The summed E-state index contributed by atoms with van der Waals surface area (Å²) in [6, 6.07) is 1.95. The van der Waals surface area contributed by atoms with Gasteiger partial charge in [0.1, 0.15) is 0 Å². The number of rotatable bonds is 0. The minimum absolute atomic E-state index is 0. The molecule has 54 valence electrons. The molecule has 0 fully saturated rings. The summed E-state index contributed by atoms with van der Waals surface area (Å²) in [5, 5.41) is 8.21. The van der Waals surface area contributed by atoms with Crippen LogP contribution in [-0.2, 0) is 0 Å². The van der Waals surface area contributed by atoms with Crippen LogP contribution in [0, 0.1) is 11.3 Å². The lowest BCUT2D eigenvalue weighted by Gasteiger charge is -1.97. The van der Waals surface area contributed by atoms with Gasteiger partial charge in [0.15, 0.2) is 12.3 Å². The molecule has 0 aromatic heterocycles. The van der Waals surface area contributed by atoms with Gasteiger partial charge in [0.05, 0.1) is 6.20 Å². The Morgan fingerprint density at radius 2 is 2.50 bits per heavy atom. The van der Waals surface area contributed by atoms with E-state index in [1.807, 2.05) is 35.0 Å². The first-order chi connectivity index (χ1) is 4.33. The Labute approximate surface area is 70.6 Å². The van der Waals surface area contributed by atoms with Crippen LogP contribution in [0.1, 0.15) is 0 Å². The van der Waals surface area contributed by atoms with Crippen LogP contribution in [0.4, 0.5) is 0 Å². The van der Waals surface area contributed by atoms with Crippen molar-refractivity contribution in [1.82, 2.24) is 4.90 Å². The van der Waals surface area contributed by atoms with Crippen LogP contribution in [0.3, 0.4) is 0 Å². The molecule has 0 aromatic rings. The van der Waals surface area contributed by atoms with Gasteiger partial charge in [-0.15, -0.1) is 0 Å². The molecule has 10 heavy (non-hydrogen) atoms. The van der Waals surface area contributed by atoms with E-state index in [1.54, 1.807) is 0 Å². The summed E-state index contributed by atoms with van der Waals surface area (Å²) < 4.78 is 1.82. The molecule has 0 aliphatic carbocycles. The molecule has 0 spiro atoms. The fourth-order valence-electron chi connectivity index (χ4n) is 0.709. The second-order valence-electron chi connectivity index (χ2n) is 1.97. The van der Waals surface area contributed by atoms with E-state index in [1.165, 1.54) is 6.21 Å². The summed E-state index contributed by atoms with van der Waals surface area (Å²) >= 11 is 0. The van der Waals surface area contributed by atoms with Crippen LogP contribution in [0.15, 0.2) is 12.4 Å². The minimum Gasteiger partial charge on any atom is -1.00 e. The molecule has 0 saturated carbocycles. The van der Waals surface area contributed by atoms with Crippen molar-refractivity contribution in [3.05, 3.63) is 12.4 Å². The molecule has 0 radical (unpaired) electrons. The zero-order valence-corrected chi connectivity index (χ0v) is 7.24. The first-order valence-electron chi connectivity index (χ1n) is 2.70. The Morgan fingerprint density at radius 3 is 2.90 bits per heavy atom. The van der Waals surface area contributed by atoms with Gasteiger partial charge in [-0.2, -0.15) is 9.84 Å². The molecule has 0 saturated heterocycles. The number of nitrogens with zero attached hydrogens (tertiary/aromatic N) is 3. The zero-order chi connectivity index (χ0) is 6.69. The van der Waals surface area contributed by atoms with Gasteiger partial charge in [-0.25, -0.2) is 0 Å². The predicted octanol–water partition coefficient (Wildman–Crippen LogP) is -3.03. The smallest absolute Gasteiger partial charge is 0.248 e. The van der Waals surface area contributed by atoms with E-state index in [9.17, 15) is 0 Å². The summed E-state index contributed by atoms with van der Waals surface area (Å²) in [5.74, 6) is 0. The Kier molecular flexibility index (Phi) is 3.74. The monoisotopic (exact) mass is 201 g/mol. The van der Waals surface area contributed by atoms with Crippen LogP contribution in [0.5, 0.6) is 0 Å². The van der Waals surface area contributed by atoms with Gasteiger partial charge in [-0.05, 0) is 0 Å². The quantitative estimate of drug-likeness (QED) is 0.391. The average molecular weight is 202 g/mol. The van der Waals surface area contributed by atoms with Crippen molar-refractivity contribution in [1.29, 1.82) is 5.26 Å². The highest BCUT2D eigenvalue weighted by Crippen LogP contribution is 1.94. The van der Waals surface area contributed by atoms with Crippen molar-refractivity contribution in [2.24, 2.45) is 0 Å². The standard InChI is InChI=1S/C6H8N3.BrH/c1-8-4-5-9(6-8)3-2-7;/h3-5H,6H2,1H3;1H/q+1;/p-1. The number of halogens is 1. The van der Waals surface area contributed by atoms with Gasteiger partial charge in [0.25, 0.3) is 0 Å². The zero-order valence-electron chi connectivity index (χ0n) is 5.66. The molecule has 1 rings (SSSR count). The summed E-state index contributed by atoms with van der Waals surface area (Å²) in [7, 11) is 1.96. The second-order valence-corrected chi connectivity index (χ2v) is 1.97. The summed E-state index contributed by atoms with van der Waals surface area (Å²) in [4.78, 5) is 1.99. The van der Waals surface area contributed by atoms with E-state index in [2.05, 4.69) is 0 Å². The molecule has 0 amide bonds. The third kappa shape index (κ3) is 2.19. The largest absolute Gasteiger partial charge is 1.00 e. The molecule has 0 bridgehead atoms. The fourth-order valence-corrected chi connectivity index (χ4v) is 0.709.